The van der Waals surface area contributed by atoms with Gasteiger partial charge in [0.15, 0.2) is 0 Å². The zero-order chi connectivity index (χ0) is 13.8. The van der Waals surface area contributed by atoms with Gasteiger partial charge in [0.1, 0.15) is 0 Å². The number of rotatable bonds is 3. The molecule has 6 heteroatoms. The summed E-state index contributed by atoms with van der Waals surface area (Å²) >= 11 is 0. The lowest BCUT2D eigenvalue weighted by atomic mass is 10.1. The minimum absolute atomic E-state index is 0.0498. The highest BCUT2D eigenvalue weighted by molar-refractivity contribution is 5.79. The van der Waals surface area contributed by atoms with E-state index >= 15 is 0 Å². The van der Waals surface area contributed by atoms with Crippen molar-refractivity contribution in [3.8, 4) is 0 Å². The fraction of sp³-hybridized carbons (Fsp3) is 0.846. The average molecular weight is 269 g/mol. The van der Waals surface area contributed by atoms with Crippen LogP contribution in [0.15, 0.2) is 0 Å². The third-order valence-electron chi connectivity index (χ3n) is 3.84. The number of carbonyl (C=O) groups excluding carboxylic acids is 2. The smallest absolute Gasteiger partial charge is 0.236 e. The summed E-state index contributed by atoms with van der Waals surface area (Å²) in [7, 11) is 0. The van der Waals surface area contributed by atoms with E-state index in [0.29, 0.717) is 19.6 Å². The lowest BCUT2D eigenvalue weighted by Gasteiger charge is -2.27. The van der Waals surface area contributed by atoms with Gasteiger partial charge in [-0.3, -0.25) is 14.5 Å². The van der Waals surface area contributed by atoms with Crippen molar-refractivity contribution in [1.29, 1.82) is 0 Å². The molecule has 2 aliphatic rings. The highest BCUT2D eigenvalue weighted by Crippen LogP contribution is 2.13. The SMILES string of the molecule is CC(=O)N[C@@H]1CN(C(=O)CN2CCCCC2)C[C@H]1O. The summed E-state index contributed by atoms with van der Waals surface area (Å²) in [6.45, 7) is 4.55. The fourth-order valence-electron chi connectivity index (χ4n) is 2.80. The summed E-state index contributed by atoms with van der Waals surface area (Å²) in [4.78, 5) is 27.0. The second kappa shape index (κ2) is 6.34. The summed E-state index contributed by atoms with van der Waals surface area (Å²) in [5.41, 5.74) is 0. The van der Waals surface area contributed by atoms with Crippen LogP contribution in [0.4, 0.5) is 0 Å². The van der Waals surface area contributed by atoms with Gasteiger partial charge in [-0.2, -0.15) is 0 Å². The first-order valence-electron chi connectivity index (χ1n) is 7.01. The topological polar surface area (TPSA) is 72.9 Å². The quantitative estimate of drug-likeness (QED) is 0.702. The molecule has 0 bridgehead atoms. The minimum atomic E-state index is -0.658. The molecule has 0 unspecified atom stereocenters. The molecule has 2 fully saturated rings. The van der Waals surface area contributed by atoms with E-state index in [1.54, 1.807) is 4.90 Å². The van der Waals surface area contributed by atoms with Crippen molar-refractivity contribution in [2.24, 2.45) is 0 Å². The van der Waals surface area contributed by atoms with E-state index in [9.17, 15) is 14.7 Å². The molecule has 2 amide bonds. The molecule has 0 radical (unpaired) electrons. The van der Waals surface area contributed by atoms with Crippen molar-refractivity contribution in [3.05, 3.63) is 0 Å². The molecule has 0 aliphatic carbocycles. The van der Waals surface area contributed by atoms with Crippen LogP contribution in [-0.2, 0) is 9.59 Å². The van der Waals surface area contributed by atoms with Gasteiger partial charge in [0.05, 0.1) is 18.7 Å². The molecule has 2 atom stereocenters. The molecular formula is C13H23N3O3. The number of aliphatic hydroxyl groups excluding tert-OH is 1. The van der Waals surface area contributed by atoms with Crippen LogP contribution in [0.3, 0.4) is 0 Å². The number of carbonyl (C=O) groups is 2. The molecule has 2 rings (SSSR count). The Morgan fingerprint density at radius 3 is 2.53 bits per heavy atom. The van der Waals surface area contributed by atoms with Gasteiger partial charge in [-0.1, -0.05) is 6.42 Å². The van der Waals surface area contributed by atoms with E-state index < -0.39 is 6.10 Å². The van der Waals surface area contributed by atoms with Gasteiger partial charge >= 0.3 is 0 Å². The summed E-state index contributed by atoms with van der Waals surface area (Å²) in [6.07, 6.45) is 2.90. The predicted molar refractivity (Wildman–Crippen MR) is 70.5 cm³/mol. The number of nitrogens with one attached hydrogen (secondary N) is 1. The minimum Gasteiger partial charge on any atom is -0.389 e. The number of nitrogens with zero attached hydrogens (tertiary/aromatic N) is 2. The first-order chi connectivity index (χ1) is 9.06. The molecule has 2 heterocycles. The summed E-state index contributed by atoms with van der Waals surface area (Å²) in [6, 6.07) is -0.331. The van der Waals surface area contributed by atoms with E-state index in [1.807, 2.05) is 0 Å². The van der Waals surface area contributed by atoms with Crippen LogP contribution in [0, 0.1) is 0 Å². The van der Waals surface area contributed by atoms with Crippen molar-refractivity contribution >= 4 is 11.8 Å². The predicted octanol–water partition coefficient (Wildman–Crippen LogP) is -0.820. The third-order valence-corrected chi connectivity index (χ3v) is 3.84. The average Bonchev–Trinajstić information content (AvgIpc) is 2.71. The monoisotopic (exact) mass is 269 g/mol. The second-order valence-corrected chi connectivity index (χ2v) is 5.51. The normalized spacial score (nSPS) is 28.4. The maximum atomic E-state index is 12.2. The molecule has 2 aliphatic heterocycles. The van der Waals surface area contributed by atoms with Gasteiger partial charge in [0, 0.05) is 20.0 Å². The number of amides is 2. The van der Waals surface area contributed by atoms with Gasteiger partial charge in [-0.05, 0) is 25.9 Å². The van der Waals surface area contributed by atoms with Crippen LogP contribution >= 0.6 is 0 Å². The molecule has 6 nitrogen and oxygen atoms in total. The number of aliphatic hydroxyl groups is 1. The third kappa shape index (κ3) is 3.91. The Labute approximate surface area is 113 Å². The Bertz CT molecular complexity index is 342. The Balaban J connectivity index is 1.81. The highest BCUT2D eigenvalue weighted by Gasteiger charge is 2.34. The van der Waals surface area contributed by atoms with Gasteiger partial charge in [-0.15, -0.1) is 0 Å². The zero-order valence-corrected chi connectivity index (χ0v) is 11.5. The summed E-state index contributed by atoms with van der Waals surface area (Å²) in [5.74, 6) is -0.122. The van der Waals surface area contributed by atoms with E-state index in [0.717, 1.165) is 25.9 Å². The Morgan fingerprint density at radius 2 is 1.89 bits per heavy atom. The molecule has 0 aromatic heterocycles. The van der Waals surface area contributed by atoms with Crippen molar-refractivity contribution in [1.82, 2.24) is 15.1 Å². The molecular weight excluding hydrogens is 246 g/mol. The molecule has 0 aromatic rings. The van der Waals surface area contributed by atoms with E-state index in [2.05, 4.69) is 10.2 Å². The zero-order valence-electron chi connectivity index (χ0n) is 11.5. The van der Waals surface area contributed by atoms with Gasteiger partial charge in [0.2, 0.25) is 11.8 Å². The Hall–Kier alpha value is -1.14. The molecule has 0 aromatic carbocycles. The largest absolute Gasteiger partial charge is 0.389 e. The van der Waals surface area contributed by atoms with Crippen LogP contribution in [0.2, 0.25) is 0 Å². The number of hydrogen-bond donors (Lipinski definition) is 2. The first kappa shape index (κ1) is 14.3. The van der Waals surface area contributed by atoms with Crippen molar-refractivity contribution < 1.29 is 14.7 Å². The number of β-amino-alcohol motifs (C(OH)–C–C–N with tert-alkyl or cyclic N) is 1. The van der Waals surface area contributed by atoms with Crippen LogP contribution in [-0.4, -0.2) is 71.6 Å². The second-order valence-electron chi connectivity index (χ2n) is 5.51. The van der Waals surface area contributed by atoms with Gasteiger partial charge in [0.25, 0.3) is 0 Å². The maximum Gasteiger partial charge on any atom is 0.236 e. The fourth-order valence-corrected chi connectivity index (χ4v) is 2.80. The molecule has 108 valence electrons. The van der Waals surface area contributed by atoms with Crippen LogP contribution in [0.1, 0.15) is 26.2 Å². The summed E-state index contributed by atoms with van der Waals surface area (Å²) in [5, 5.41) is 12.5. The molecule has 2 N–H and O–H groups in total. The lowest BCUT2D eigenvalue weighted by molar-refractivity contribution is -0.132. The molecule has 0 spiro atoms. The number of hydrogen-bond acceptors (Lipinski definition) is 4. The first-order valence-corrected chi connectivity index (χ1v) is 7.01. The van der Waals surface area contributed by atoms with E-state index in [4.69, 9.17) is 0 Å². The highest BCUT2D eigenvalue weighted by atomic mass is 16.3. The maximum absolute atomic E-state index is 12.2. The Morgan fingerprint density at radius 1 is 1.21 bits per heavy atom. The number of likely N-dealkylation sites (tertiary alicyclic amines) is 2. The lowest BCUT2D eigenvalue weighted by Crippen LogP contribution is -2.43. The van der Waals surface area contributed by atoms with Crippen LogP contribution in [0.25, 0.3) is 0 Å². The Kier molecular flexibility index (Phi) is 4.76. The summed E-state index contributed by atoms with van der Waals surface area (Å²) < 4.78 is 0. The van der Waals surface area contributed by atoms with E-state index in [-0.39, 0.29) is 17.9 Å². The van der Waals surface area contributed by atoms with Gasteiger partial charge in [-0.25, -0.2) is 0 Å². The van der Waals surface area contributed by atoms with Crippen LogP contribution in [0.5, 0.6) is 0 Å². The van der Waals surface area contributed by atoms with Crippen molar-refractivity contribution in [2.45, 2.75) is 38.3 Å². The molecule has 0 saturated carbocycles. The number of piperidine rings is 1. The van der Waals surface area contributed by atoms with Crippen molar-refractivity contribution in [2.75, 3.05) is 32.7 Å². The standard InChI is InChI=1S/C13H23N3O3/c1-10(17)14-11-7-16(8-12(11)18)13(19)9-15-5-3-2-4-6-15/h11-12,18H,2-9H2,1H3,(H,14,17)/t11-,12-/m1/s1. The van der Waals surface area contributed by atoms with E-state index in [1.165, 1.54) is 13.3 Å². The van der Waals surface area contributed by atoms with Gasteiger partial charge < -0.3 is 15.3 Å². The molecule has 19 heavy (non-hydrogen) atoms. The van der Waals surface area contributed by atoms with Crippen LogP contribution < -0.4 is 5.32 Å². The van der Waals surface area contributed by atoms with Crippen molar-refractivity contribution in [3.63, 3.8) is 0 Å². The molecule has 2 saturated heterocycles.